The van der Waals surface area contributed by atoms with Gasteiger partial charge in [0.2, 0.25) is 11.1 Å². The summed E-state index contributed by atoms with van der Waals surface area (Å²) in [4.78, 5) is 21.0. The third kappa shape index (κ3) is 3.63. The van der Waals surface area contributed by atoms with Crippen molar-refractivity contribution in [2.75, 3.05) is 6.26 Å². The Labute approximate surface area is 148 Å². The Hall–Kier alpha value is -2.48. The summed E-state index contributed by atoms with van der Waals surface area (Å²) in [6, 6.07) is 6.39. The second-order valence-corrected chi connectivity index (χ2v) is 6.39. The fourth-order valence-electron chi connectivity index (χ4n) is 2.59. The van der Waals surface area contributed by atoms with Crippen LogP contribution in [0.4, 0.5) is 4.39 Å². The molecular weight excluding hydrogens is 341 g/mol. The normalized spacial score (nSPS) is 11.0. The van der Waals surface area contributed by atoms with Crippen LogP contribution < -0.4 is 5.32 Å². The van der Waals surface area contributed by atoms with E-state index in [1.54, 1.807) is 22.7 Å². The molecule has 6 nitrogen and oxygen atoms in total. The van der Waals surface area contributed by atoms with Crippen LogP contribution in [0.15, 0.2) is 29.4 Å². The van der Waals surface area contributed by atoms with Gasteiger partial charge in [-0.25, -0.2) is 13.9 Å². The zero-order valence-electron chi connectivity index (χ0n) is 14.2. The van der Waals surface area contributed by atoms with Gasteiger partial charge in [0, 0.05) is 29.1 Å². The van der Waals surface area contributed by atoms with E-state index in [0.717, 1.165) is 17.0 Å². The molecule has 0 aliphatic carbocycles. The van der Waals surface area contributed by atoms with Gasteiger partial charge in [-0.3, -0.25) is 4.79 Å². The summed E-state index contributed by atoms with van der Waals surface area (Å²) in [7, 11) is 0. The van der Waals surface area contributed by atoms with E-state index in [1.807, 2.05) is 20.1 Å². The molecule has 0 unspecified atom stereocenters. The van der Waals surface area contributed by atoms with Crippen LogP contribution in [-0.2, 0) is 17.8 Å². The van der Waals surface area contributed by atoms with Gasteiger partial charge < -0.3 is 5.32 Å². The lowest BCUT2D eigenvalue weighted by Gasteiger charge is -2.11. The highest BCUT2D eigenvalue weighted by molar-refractivity contribution is 7.98. The molecule has 0 spiro atoms. The van der Waals surface area contributed by atoms with E-state index in [0.29, 0.717) is 16.5 Å². The minimum Gasteiger partial charge on any atom is -0.352 e. The number of thioether (sulfide) groups is 1. The van der Waals surface area contributed by atoms with Crippen molar-refractivity contribution in [3.63, 3.8) is 0 Å². The van der Waals surface area contributed by atoms with E-state index in [4.69, 9.17) is 0 Å². The molecule has 1 aromatic carbocycles. The van der Waals surface area contributed by atoms with Crippen molar-refractivity contribution in [1.82, 2.24) is 24.9 Å². The third-order valence-electron chi connectivity index (χ3n) is 3.98. The van der Waals surface area contributed by atoms with E-state index < -0.39 is 0 Å². The van der Waals surface area contributed by atoms with Crippen molar-refractivity contribution in [3.05, 3.63) is 52.6 Å². The van der Waals surface area contributed by atoms with E-state index in [1.165, 1.54) is 17.8 Å². The number of nitrogens with zero attached hydrogens (tertiary/aromatic N) is 4. The van der Waals surface area contributed by atoms with Gasteiger partial charge in [0.25, 0.3) is 5.78 Å². The van der Waals surface area contributed by atoms with Gasteiger partial charge in [0.15, 0.2) is 0 Å². The van der Waals surface area contributed by atoms with Crippen LogP contribution in [0.1, 0.15) is 22.5 Å². The first kappa shape index (κ1) is 17.3. The topological polar surface area (TPSA) is 72.2 Å². The fourth-order valence-corrected chi connectivity index (χ4v) is 2.93. The van der Waals surface area contributed by atoms with Crippen molar-refractivity contribution in [1.29, 1.82) is 0 Å². The van der Waals surface area contributed by atoms with Crippen LogP contribution in [-0.4, -0.2) is 31.7 Å². The van der Waals surface area contributed by atoms with Gasteiger partial charge in [-0.15, -0.1) is 5.10 Å². The van der Waals surface area contributed by atoms with Gasteiger partial charge in [0.1, 0.15) is 5.82 Å². The number of benzene rings is 1. The molecule has 0 bridgehead atoms. The molecule has 8 heteroatoms. The predicted octanol–water partition coefficient (Wildman–Crippen LogP) is 2.46. The van der Waals surface area contributed by atoms with Crippen LogP contribution >= 0.6 is 11.8 Å². The monoisotopic (exact) mass is 359 g/mol. The van der Waals surface area contributed by atoms with E-state index in [2.05, 4.69) is 20.4 Å². The van der Waals surface area contributed by atoms with E-state index >= 15 is 0 Å². The molecule has 25 heavy (non-hydrogen) atoms. The lowest BCUT2D eigenvalue weighted by molar-refractivity contribution is -0.120. The number of rotatable bonds is 5. The summed E-state index contributed by atoms with van der Waals surface area (Å²) in [6.45, 7) is 3.89. The highest BCUT2D eigenvalue weighted by atomic mass is 32.2. The molecule has 0 atom stereocenters. The number of halogens is 1. The number of hydrogen-bond donors (Lipinski definition) is 1. The first-order chi connectivity index (χ1) is 12.0. The van der Waals surface area contributed by atoms with Crippen LogP contribution in [0, 0.1) is 19.7 Å². The van der Waals surface area contributed by atoms with E-state index in [9.17, 15) is 9.18 Å². The Bertz CT molecular complexity index is 940. The van der Waals surface area contributed by atoms with Gasteiger partial charge >= 0.3 is 0 Å². The maximum Gasteiger partial charge on any atom is 0.253 e. The van der Waals surface area contributed by atoms with Crippen molar-refractivity contribution < 1.29 is 9.18 Å². The van der Waals surface area contributed by atoms with Gasteiger partial charge in [-0.05, 0) is 26.2 Å². The smallest absolute Gasteiger partial charge is 0.253 e. The molecule has 2 heterocycles. The van der Waals surface area contributed by atoms with Crippen LogP contribution in [0.5, 0.6) is 0 Å². The number of hydrogen-bond acceptors (Lipinski definition) is 5. The van der Waals surface area contributed by atoms with Crippen molar-refractivity contribution in [3.8, 4) is 0 Å². The first-order valence-corrected chi connectivity index (χ1v) is 8.99. The number of aromatic nitrogens is 4. The number of carbonyl (C=O) groups is 1. The molecule has 0 radical (unpaired) electrons. The summed E-state index contributed by atoms with van der Waals surface area (Å²) in [5, 5.41) is 7.76. The second kappa shape index (κ2) is 7.18. The maximum atomic E-state index is 13.6. The Morgan fingerprint density at radius 2 is 2.04 bits per heavy atom. The van der Waals surface area contributed by atoms with Gasteiger partial charge in [-0.1, -0.05) is 30.0 Å². The highest BCUT2D eigenvalue weighted by Gasteiger charge is 2.16. The molecule has 0 fully saturated rings. The molecule has 2 aromatic heterocycles. The number of amides is 1. The summed E-state index contributed by atoms with van der Waals surface area (Å²) < 4.78 is 15.3. The molecule has 1 amide bonds. The largest absolute Gasteiger partial charge is 0.352 e. The summed E-state index contributed by atoms with van der Waals surface area (Å²) in [5.74, 6) is 0.00105. The first-order valence-electron chi connectivity index (χ1n) is 7.76. The standard InChI is InChI=1S/C17H18FN5OS/c1-10-13(11(2)23-16(20-10)21-17(22-23)25-3)8-15(24)19-9-12-6-4-5-7-14(12)18/h4-7H,8-9H2,1-3H3,(H,19,24). The Kier molecular flexibility index (Phi) is 4.98. The molecule has 0 saturated carbocycles. The fraction of sp³-hybridized carbons (Fsp3) is 0.294. The van der Waals surface area contributed by atoms with Crippen molar-refractivity contribution in [2.24, 2.45) is 0 Å². The Morgan fingerprint density at radius 1 is 1.28 bits per heavy atom. The lowest BCUT2D eigenvalue weighted by atomic mass is 10.1. The van der Waals surface area contributed by atoms with Crippen molar-refractivity contribution in [2.45, 2.75) is 32.0 Å². The quantitative estimate of drug-likeness (QED) is 0.709. The molecule has 1 N–H and O–H groups in total. The number of fused-ring (bicyclic) bond motifs is 1. The average molecular weight is 359 g/mol. The molecule has 0 saturated heterocycles. The zero-order valence-corrected chi connectivity index (χ0v) is 15.0. The molecule has 0 aliphatic rings. The minimum atomic E-state index is -0.328. The highest BCUT2D eigenvalue weighted by Crippen LogP contribution is 2.17. The van der Waals surface area contributed by atoms with Gasteiger partial charge in [0.05, 0.1) is 6.42 Å². The van der Waals surface area contributed by atoms with E-state index in [-0.39, 0.29) is 24.7 Å². The summed E-state index contributed by atoms with van der Waals surface area (Å²) in [6.07, 6.45) is 2.05. The van der Waals surface area contributed by atoms with Crippen molar-refractivity contribution >= 4 is 23.4 Å². The van der Waals surface area contributed by atoms with Crippen LogP contribution in [0.25, 0.3) is 5.78 Å². The number of carbonyl (C=O) groups excluding carboxylic acids is 1. The predicted molar refractivity (Wildman–Crippen MR) is 94.0 cm³/mol. The lowest BCUT2D eigenvalue weighted by Crippen LogP contribution is -2.26. The van der Waals surface area contributed by atoms with Crippen LogP contribution in [0.3, 0.4) is 0 Å². The van der Waals surface area contributed by atoms with Gasteiger partial charge in [-0.2, -0.15) is 4.98 Å². The minimum absolute atomic E-state index is 0.152. The second-order valence-electron chi connectivity index (χ2n) is 5.62. The molecule has 3 aromatic rings. The number of nitrogens with one attached hydrogen (secondary N) is 1. The molecular formula is C17H18FN5OS. The SMILES string of the molecule is CSc1nc2nc(C)c(CC(=O)NCc3ccccc3F)c(C)n2n1. The summed E-state index contributed by atoms with van der Waals surface area (Å²) in [5.41, 5.74) is 2.83. The Balaban J connectivity index is 1.77. The molecule has 0 aliphatic heterocycles. The van der Waals surface area contributed by atoms with Crippen LogP contribution in [0.2, 0.25) is 0 Å². The Morgan fingerprint density at radius 3 is 2.76 bits per heavy atom. The average Bonchev–Trinajstić information content (AvgIpc) is 3.01. The molecule has 130 valence electrons. The third-order valence-corrected chi connectivity index (χ3v) is 4.52. The molecule has 3 rings (SSSR count). The number of aryl methyl sites for hydroxylation is 2. The maximum absolute atomic E-state index is 13.6. The zero-order chi connectivity index (χ0) is 18.0. The summed E-state index contributed by atoms with van der Waals surface area (Å²) >= 11 is 1.44.